The summed E-state index contributed by atoms with van der Waals surface area (Å²) in [5, 5.41) is 5.41. The lowest BCUT2D eigenvalue weighted by atomic mass is 10.0. The Labute approximate surface area is 198 Å². The van der Waals surface area contributed by atoms with Crippen LogP contribution in [0.1, 0.15) is 18.4 Å². The molecule has 1 aliphatic carbocycles. The van der Waals surface area contributed by atoms with E-state index in [0.717, 1.165) is 17.8 Å². The van der Waals surface area contributed by atoms with E-state index < -0.39 is 28.6 Å². The van der Waals surface area contributed by atoms with Crippen molar-refractivity contribution >= 4 is 34.4 Å². The van der Waals surface area contributed by atoms with E-state index in [1.165, 1.54) is 24.4 Å². The maximum Gasteiger partial charge on any atom is 0.268 e. The summed E-state index contributed by atoms with van der Waals surface area (Å²) in [6.07, 6.45) is 3.29. The zero-order chi connectivity index (χ0) is 24.6. The van der Waals surface area contributed by atoms with Crippen molar-refractivity contribution in [3.05, 3.63) is 82.7 Å². The van der Waals surface area contributed by atoms with Crippen molar-refractivity contribution in [1.29, 1.82) is 0 Å². The third-order valence-corrected chi connectivity index (χ3v) is 5.78. The number of H-pyrrole nitrogens is 1. The predicted molar refractivity (Wildman–Crippen MR) is 127 cm³/mol. The Kier molecular flexibility index (Phi) is 5.48. The van der Waals surface area contributed by atoms with E-state index in [1.54, 1.807) is 12.1 Å². The van der Waals surface area contributed by atoms with E-state index in [1.807, 2.05) is 19.1 Å². The number of hydrogen-bond acceptors (Lipinski definition) is 6. The molecule has 0 unspecified atom stereocenters. The van der Waals surface area contributed by atoms with Crippen LogP contribution in [0.5, 0.6) is 11.5 Å². The van der Waals surface area contributed by atoms with E-state index in [0.29, 0.717) is 18.5 Å². The highest BCUT2D eigenvalue weighted by atomic mass is 19.1. The first-order valence-corrected chi connectivity index (χ1v) is 10.9. The first-order valence-electron chi connectivity index (χ1n) is 10.9. The summed E-state index contributed by atoms with van der Waals surface area (Å²) in [7, 11) is 0. The number of amides is 2. The van der Waals surface area contributed by atoms with Gasteiger partial charge < -0.3 is 20.4 Å². The Hall–Kier alpha value is -4.60. The minimum Gasteiger partial charge on any atom is -0.452 e. The number of halogens is 1. The molecule has 0 atom stereocenters. The lowest BCUT2D eigenvalue weighted by molar-refractivity contribution is -0.131. The number of nitrogens with one attached hydrogen (secondary N) is 3. The molecule has 35 heavy (non-hydrogen) atoms. The molecule has 2 amide bonds. The molecule has 0 aliphatic heterocycles. The van der Waals surface area contributed by atoms with Crippen LogP contribution in [-0.4, -0.2) is 26.8 Å². The third-order valence-electron chi connectivity index (χ3n) is 5.78. The van der Waals surface area contributed by atoms with Gasteiger partial charge >= 0.3 is 0 Å². The van der Waals surface area contributed by atoms with Gasteiger partial charge in [-0.2, -0.15) is 0 Å². The van der Waals surface area contributed by atoms with Gasteiger partial charge in [-0.15, -0.1) is 0 Å². The number of aromatic nitrogens is 3. The maximum absolute atomic E-state index is 14.8. The summed E-state index contributed by atoms with van der Waals surface area (Å²) in [6, 6.07) is 12.7. The maximum atomic E-state index is 14.8. The van der Waals surface area contributed by atoms with Gasteiger partial charge in [-0.25, -0.2) is 14.4 Å². The number of hydrogen-bond donors (Lipinski definition) is 3. The van der Waals surface area contributed by atoms with E-state index in [4.69, 9.17) is 4.74 Å². The first-order chi connectivity index (χ1) is 16.8. The van der Waals surface area contributed by atoms with Crippen molar-refractivity contribution in [2.24, 2.45) is 5.41 Å². The van der Waals surface area contributed by atoms with E-state index in [2.05, 4.69) is 25.6 Å². The Morgan fingerprint density at radius 1 is 0.971 bits per heavy atom. The fourth-order valence-corrected chi connectivity index (χ4v) is 3.61. The van der Waals surface area contributed by atoms with Crippen LogP contribution in [-0.2, 0) is 9.59 Å². The van der Waals surface area contributed by atoms with Crippen LogP contribution in [0.15, 0.2) is 65.7 Å². The van der Waals surface area contributed by atoms with Gasteiger partial charge in [0.2, 0.25) is 11.8 Å². The van der Waals surface area contributed by atoms with Gasteiger partial charge in [-0.1, -0.05) is 17.7 Å². The van der Waals surface area contributed by atoms with Gasteiger partial charge in [-0.3, -0.25) is 14.4 Å². The number of pyridine rings is 1. The van der Waals surface area contributed by atoms with Crippen molar-refractivity contribution < 1.29 is 18.7 Å². The lowest BCUT2D eigenvalue weighted by Gasteiger charge is -2.16. The van der Waals surface area contributed by atoms with Crippen LogP contribution in [0, 0.1) is 18.2 Å². The Morgan fingerprint density at radius 2 is 1.66 bits per heavy atom. The highest BCUT2D eigenvalue weighted by molar-refractivity contribution is 6.16. The minimum absolute atomic E-state index is 0.109. The number of carbonyl (C=O) groups is 2. The lowest BCUT2D eigenvalue weighted by Crippen LogP contribution is -2.35. The van der Waals surface area contributed by atoms with Crippen molar-refractivity contribution in [3.8, 4) is 11.5 Å². The summed E-state index contributed by atoms with van der Waals surface area (Å²) in [5.41, 5.74) is 0.714. The molecule has 0 radical (unpaired) electrons. The smallest absolute Gasteiger partial charge is 0.268 e. The number of fused-ring (bicyclic) bond motifs is 1. The van der Waals surface area contributed by atoms with Gasteiger partial charge in [0, 0.05) is 29.7 Å². The summed E-state index contributed by atoms with van der Waals surface area (Å²) in [4.78, 5) is 47.6. The molecule has 1 fully saturated rings. The molecule has 3 N–H and O–H groups in total. The standard InChI is InChI=1S/C25H20FN5O4/c1-14-2-4-15(5-3-14)29-23(33)25(9-10-25)24(34)30-16-6-7-18(17(26)12-16)35-19-8-11-27-22-21(19)28-13-20(32)31-22/h2-8,11-13H,9-10H2,1H3,(H,29,33)(H,30,34)(H,27,31,32). The third kappa shape index (κ3) is 4.45. The molecule has 4 aromatic rings. The van der Waals surface area contributed by atoms with Crippen LogP contribution >= 0.6 is 0 Å². The van der Waals surface area contributed by atoms with Crippen LogP contribution in [0.3, 0.4) is 0 Å². The first kappa shape index (κ1) is 22.2. The molecule has 0 bridgehead atoms. The molecule has 176 valence electrons. The molecule has 5 rings (SSSR count). The van der Waals surface area contributed by atoms with Crippen molar-refractivity contribution in [2.75, 3.05) is 10.6 Å². The number of rotatable bonds is 6. The Balaban J connectivity index is 1.29. The van der Waals surface area contributed by atoms with Crippen LogP contribution in [0.25, 0.3) is 11.2 Å². The molecule has 1 aliphatic rings. The summed E-state index contributed by atoms with van der Waals surface area (Å²) in [6.45, 7) is 1.94. The zero-order valence-corrected chi connectivity index (χ0v) is 18.6. The van der Waals surface area contributed by atoms with Crippen molar-refractivity contribution in [3.63, 3.8) is 0 Å². The quantitative estimate of drug-likeness (QED) is 0.365. The van der Waals surface area contributed by atoms with Gasteiger partial charge in [0.25, 0.3) is 5.56 Å². The topological polar surface area (TPSA) is 126 Å². The molecule has 10 heteroatoms. The molecule has 0 saturated heterocycles. The van der Waals surface area contributed by atoms with Crippen LogP contribution in [0.2, 0.25) is 0 Å². The highest BCUT2D eigenvalue weighted by Crippen LogP contribution is 2.47. The van der Waals surface area contributed by atoms with E-state index in [-0.39, 0.29) is 28.4 Å². The number of nitrogens with zero attached hydrogens (tertiary/aromatic N) is 2. The second-order valence-electron chi connectivity index (χ2n) is 8.36. The minimum atomic E-state index is -1.19. The molecule has 2 heterocycles. The molecule has 1 saturated carbocycles. The zero-order valence-electron chi connectivity index (χ0n) is 18.6. The molecule has 9 nitrogen and oxygen atoms in total. The molecule has 2 aromatic heterocycles. The van der Waals surface area contributed by atoms with Crippen LogP contribution < -0.4 is 20.9 Å². The number of benzene rings is 2. The number of anilines is 2. The second kappa shape index (κ2) is 8.64. The average molecular weight is 473 g/mol. The van der Waals surface area contributed by atoms with Gasteiger partial charge in [0.15, 0.2) is 23.0 Å². The molecule has 0 spiro atoms. The van der Waals surface area contributed by atoms with E-state index in [9.17, 15) is 18.8 Å². The van der Waals surface area contributed by atoms with Gasteiger partial charge in [0.05, 0.1) is 6.20 Å². The highest BCUT2D eigenvalue weighted by Gasteiger charge is 2.56. The largest absolute Gasteiger partial charge is 0.452 e. The SMILES string of the molecule is Cc1ccc(NC(=O)C2(C(=O)Nc3ccc(Oc4ccnc5[nH]c(=O)cnc45)c(F)c3)CC2)cc1. The molecular formula is C25H20FN5O4. The summed E-state index contributed by atoms with van der Waals surface area (Å²) >= 11 is 0. The average Bonchev–Trinajstić information content (AvgIpc) is 3.65. The normalized spacial score (nSPS) is 13.8. The molecule has 2 aromatic carbocycles. The van der Waals surface area contributed by atoms with Gasteiger partial charge in [0.1, 0.15) is 10.9 Å². The Morgan fingerprint density at radius 3 is 2.34 bits per heavy atom. The monoisotopic (exact) mass is 473 g/mol. The Bertz CT molecular complexity index is 1510. The van der Waals surface area contributed by atoms with E-state index >= 15 is 0 Å². The van der Waals surface area contributed by atoms with Gasteiger partial charge in [-0.05, 0) is 44.0 Å². The van der Waals surface area contributed by atoms with Crippen molar-refractivity contribution in [2.45, 2.75) is 19.8 Å². The second-order valence-corrected chi connectivity index (χ2v) is 8.36. The summed E-state index contributed by atoms with van der Waals surface area (Å²) in [5.74, 6) is -1.53. The fraction of sp³-hybridized carbons (Fsp3) is 0.160. The summed E-state index contributed by atoms with van der Waals surface area (Å²) < 4.78 is 20.4. The number of aryl methyl sites for hydroxylation is 1. The number of aromatic amines is 1. The number of ether oxygens (including phenoxy) is 1. The predicted octanol–water partition coefficient (Wildman–Crippen LogP) is 3.92. The van der Waals surface area contributed by atoms with Crippen LogP contribution in [0.4, 0.5) is 15.8 Å². The fourth-order valence-electron chi connectivity index (χ4n) is 3.61. The van der Waals surface area contributed by atoms with Crippen molar-refractivity contribution in [1.82, 2.24) is 15.0 Å². The number of carbonyl (C=O) groups excluding carboxylic acids is 2. The molecular weight excluding hydrogens is 453 g/mol.